The number of halogens is 2. The van der Waals surface area contributed by atoms with Crippen molar-refractivity contribution in [2.45, 2.75) is 25.7 Å². The number of benzene rings is 4. The van der Waals surface area contributed by atoms with Crippen LogP contribution in [0.4, 0.5) is 4.39 Å². The maximum absolute atomic E-state index is 13.9. The molecule has 150 valence electrons. The Bertz CT molecular complexity index is 1260. The lowest BCUT2D eigenvalue weighted by Gasteiger charge is -2.18. The molecule has 0 bridgehead atoms. The van der Waals surface area contributed by atoms with Crippen molar-refractivity contribution in [3.63, 3.8) is 0 Å². The van der Waals surface area contributed by atoms with Gasteiger partial charge in [0.15, 0.2) is 0 Å². The second kappa shape index (κ2) is 8.81. The molecule has 0 saturated heterocycles. The van der Waals surface area contributed by atoms with E-state index in [4.69, 9.17) is 0 Å². The highest BCUT2D eigenvalue weighted by molar-refractivity contribution is 6.09. The normalized spacial score (nSPS) is 12.7. The van der Waals surface area contributed by atoms with Crippen LogP contribution in [0, 0.1) is 5.82 Å². The number of aromatic nitrogens is 1. The zero-order valence-electron chi connectivity index (χ0n) is 16.6. The van der Waals surface area contributed by atoms with Gasteiger partial charge in [0.1, 0.15) is 5.82 Å². The fourth-order valence-corrected chi connectivity index (χ4v) is 4.42. The molecule has 4 aromatic carbocycles. The lowest BCUT2D eigenvalue weighted by molar-refractivity contribution is 0.640. The molecule has 0 spiro atoms. The zero-order valence-corrected chi connectivity index (χ0v) is 17.5. The molecule has 0 fully saturated rings. The van der Waals surface area contributed by atoms with Gasteiger partial charge in [0.25, 0.3) is 0 Å². The molecule has 0 aliphatic heterocycles. The molecular formula is C27H23ClFN. The van der Waals surface area contributed by atoms with Crippen molar-refractivity contribution in [3.8, 4) is 0 Å². The van der Waals surface area contributed by atoms with Crippen LogP contribution in [0.5, 0.6) is 0 Å². The van der Waals surface area contributed by atoms with Gasteiger partial charge in [-0.15, -0.1) is 12.4 Å². The van der Waals surface area contributed by atoms with Crippen LogP contribution in [0.25, 0.3) is 32.3 Å². The summed E-state index contributed by atoms with van der Waals surface area (Å²) in [6.07, 6.45) is 8.59. The van der Waals surface area contributed by atoms with Crippen LogP contribution in [0.3, 0.4) is 0 Å². The van der Waals surface area contributed by atoms with Gasteiger partial charge in [0.2, 0.25) is 0 Å². The molecule has 0 unspecified atom stereocenters. The van der Waals surface area contributed by atoms with Crippen LogP contribution in [-0.2, 0) is 12.8 Å². The van der Waals surface area contributed by atoms with E-state index >= 15 is 0 Å². The largest absolute Gasteiger partial charge is 0.264 e. The van der Waals surface area contributed by atoms with Gasteiger partial charge in [0, 0.05) is 17.8 Å². The quantitative estimate of drug-likeness (QED) is 0.236. The monoisotopic (exact) mass is 415 g/mol. The first-order chi connectivity index (χ1) is 14.3. The lowest BCUT2D eigenvalue weighted by atomic mass is 9.86. The van der Waals surface area contributed by atoms with Crippen molar-refractivity contribution in [1.29, 1.82) is 0 Å². The average Bonchev–Trinajstić information content (AvgIpc) is 2.79. The predicted octanol–water partition coefficient (Wildman–Crippen LogP) is 7.67. The maximum atomic E-state index is 13.9. The lowest BCUT2D eigenvalue weighted by Crippen LogP contribution is -2.03. The van der Waals surface area contributed by atoms with Crippen molar-refractivity contribution in [2.24, 2.45) is 0 Å². The number of hydrogen-bond donors (Lipinski definition) is 0. The van der Waals surface area contributed by atoms with Gasteiger partial charge in [-0.25, -0.2) is 4.39 Å². The third kappa shape index (κ3) is 3.76. The highest BCUT2D eigenvalue weighted by atomic mass is 35.5. The molecule has 1 aromatic heterocycles. The van der Waals surface area contributed by atoms with E-state index in [0.29, 0.717) is 0 Å². The predicted molar refractivity (Wildman–Crippen MR) is 127 cm³/mol. The fraction of sp³-hybridized carbons (Fsp3) is 0.148. The Kier molecular flexibility index (Phi) is 5.96. The van der Waals surface area contributed by atoms with Gasteiger partial charge in [-0.1, -0.05) is 60.7 Å². The zero-order chi connectivity index (χ0) is 19.6. The number of nitrogens with zero attached hydrogens (tertiary/aromatic N) is 1. The van der Waals surface area contributed by atoms with Crippen LogP contribution in [0.15, 0.2) is 85.2 Å². The number of fused-ring (bicyclic) bond motifs is 6. The number of rotatable bonds is 0. The Balaban J connectivity index is 0.000000168. The molecule has 0 saturated carbocycles. The number of hydrogen-bond acceptors (Lipinski definition) is 1. The Hall–Kier alpha value is -2.97. The number of pyridine rings is 1. The van der Waals surface area contributed by atoms with Crippen LogP contribution in [-0.4, -0.2) is 4.98 Å². The van der Waals surface area contributed by atoms with E-state index in [2.05, 4.69) is 35.3 Å². The summed E-state index contributed by atoms with van der Waals surface area (Å²) in [5.41, 5.74) is 2.96. The summed E-state index contributed by atoms with van der Waals surface area (Å²) in [6.45, 7) is 0. The summed E-state index contributed by atoms with van der Waals surface area (Å²) in [5.74, 6) is -0.128. The summed E-state index contributed by atoms with van der Waals surface area (Å²) in [7, 11) is 0. The Morgan fingerprint density at radius 1 is 0.633 bits per heavy atom. The first-order valence-electron chi connectivity index (χ1n) is 10.2. The highest BCUT2D eigenvalue weighted by Crippen LogP contribution is 2.33. The standard InChI is InChI=1S/C18H15F.C9H7N.ClH/c19-18-7-3-6-14-16-9-8-12-4-1-2-5-13(12)15(16)10-11-17(14)18;1-2-4-9-7-10-6-5-8(9)3-1;/h3,6-11H,1-2,4-5H2;1-7H;1H. The molecule has 30 heavy (non-hydrogen) atoms. The SMILES string of the molecule is Cl.Fc1cccc2c1ccc1c3c(ccc12)CCCC3.c1ccc2cnccc2c1. The number of aryl methyl sites for hydroxylation is 2. The molecule has 3 heteroatoms. The molecule has 1 aliphatic rings. The second-order valence-corrected chi connectivity index (χ2v) is 7.63. The molecular weight excluding hydrogens is 393 g/mol. The minimum atomic E-state index is -0.128. The van der Waals surface area contributed by atoms with Crippen LogP contribution in [0.2, 0.25) is 0 Å². The van der Waals surface area contributed by atoms with Crippen molar-refractivity contribution >= 4 is 44.7 Å². The van der Waals surface area contributed by atoms with Crippen LogP contribution >= 0.6 is 12.4 Å². The van der Waals surface area contributed by atoms with E-state index in [1.807, 2.05) is 42.7 Å². The van der Waals surface area contributed by atoms with E-state index in [1.165, 1.54) is 58.0 Å². The fourth-order valence-electron chi connectivity index (χ4n) is 4.42. The highest BCUT2D eigenvalue weighted by Gasteiger charge is 2.14. The first-order valence-corrected chi connectivity index (χ1v) is 10.2. The smallest absolute Gasteiger partial charge is 0.131 e. The van der Waals surface area contributed by atoms with E-state index < -0.39 is 0 Å². The first kappa shape index (κ1) is 20.3. The van der Waals surface area contributed by atoms with Crippen molar-refractivity contribution in [1.82, 2.24) is 4.98 Å². The molecule has 5 aromatic rings. The third-order valence-electron chi connectivity index (χ3n) is 5.89. The van der Waals surface area contributed by atoms with Gasteiger partial charge in [0.05, 0.1) is 0 Å². The molecule has 0 amide bonds. The average molecular weight is 416 g/mol. The van der Waals surface area contributed by atoms with E-state index in [1.54, 1.807) is 6.07 Å². The van der Waals surface area contributed by atoms with Gasteiger partial charge < -0.3 is 0 Å². The summed E-state index contributed by atoms with van der Waals surface area (Å²) in [4.78, 5) is 4.01. The molecule has 0 radical (unpaired) electrons. The minimum absolute atomic E-state index is 0. The molecule has 1 nitrogen and oxygen atoms in total. The van der Waals surface area contributed by atoms with Crippen molar-refractivity contribution in [2.75, 3.05) is 0 Å². The summed E-state index contributed by atoms with van der Waals surface area (Å²) >= 11 is 0. The maximum Gasteiger partial charge on any atom is 0.131 e. The van der Waals surface area contributed by atoms with Gasteiger partial charge in [-0.3, -0.25) is 4.98 Å². The van der Waals surface area contributed by atoms with E-state index in [-0.39, 0.29) is 18.2 Å². The van der Waals surface area contributed by atoms with E-state index in [9.17, 15) is 4.39 Å². The Morgan fingerprint density at radius 2 is 1.37 bits per heavy atom. The Labute approximate surface area is 182 Å². The summed E-state index contributed by atoms with van der Waals surface area (Å²) < 4.78 is 13.9. The molecule has 6 rings (SSSR count). The molecule has 1 aliphatic carbocycles. The van der Waals surface area contributed by atoms with Crippen molar-refractivity contribution in [3.05, 3.63) is 102 Å². The van der Waals surface area contributed by atoms with Gasteiger partial charge in [-0.2, -0.15) is 0 Å². The molecule has 0 N–H and O–H groups in total. The topological polar surface area (TPSA) is 12.9 Å². The summed E-state index contributed by atoms with van der Waals surface area (Å²) in [6, 6.07) is 24.0. The Morgan fingerprint density at radius 3 is 2.23 bits per heavy atom. The van der Waals surface area contributed by atoms with E-state index in [0.717, 1.165) is 17.2 Å². The third-order valence-corrected chi connectivity index (χ3v) is 5.89. The molecule has 0 atom stereocenters. The van der Waals surface area contributed by atoms with Crippen molar-refractivity contribution < 1.29 is 4.39 Å². The molecule has 1 heterocycles. The minimum Gasteiger partial charge on any atom is -0.264 e. The van der Waals surface area contributed by atoms with Gasteiger partial charge >= 0.3 is 0 Å². The van der Waals surface area contributed by atoms with Gasteiger partial charge in [-0.05, 0) is 75.9 Å². The second-order valence-electron chi connectivity index (χ2n) is 7.63. The summed E-state index contributed by atoms with van der Waals surface area (Å²) in [5, 5.41) is 6.71. The van der Waals surface area contributed by atoms with Crippen LogP contribution in [0.1, 0.15) is 24.0 Å². The van der Waals surface area contributed by atoms with Crippen LogP contribution < -0.4 is 0 Å².